The summed E-state index contributed by atoms with van der Waals surface area (Å²) >= 11 is 12.5. The molecule has 0 aliphatic carbocycles. The summed E-state index contributed by atoms with van der Waals surface area (Å²) in [7, 11) is 0. The van der Waals surface area contributed by atoms with Gasteiger partial charge in [0.05, 0.1) is 10.7 Å². The summed E-state index contributed by atoms with van der Waals surface area (Å²) < 4.78 is 33.5. The number of pyridine rings is 1. The maximum absolute atomic E-state index is 12.7. The molecule has 0 bridgehead atoms. The van der Waals surface area contributed by atoms with E-state index in [9.17, 15) is 18.0 Å². The number of fused-ring (bicyclic) bond motifs is 1. The predicted molar refractivity (Wildman–Crippen MR) is 135 cm³/mol. The molecule has 1 aromatic carbocycles. The van der Waals surface area contributed by atoms with Gasteiger partial charge in [0.1, 0.15) is 5.69 Å². The van der Waals surface area contributed by atoms with E-state index in [0.29, 0.717) is 28.8 Å². The van der Waals surface area contributed by atoms with Gasteiger partial charge in [-0.25, -0.2) is 14.8 Å². The van der Waals surface area contributed by atoms with Gasteiger partial charge in [-0.2, -0.15) is 13.2 Å². The minimum Gasteiger partial charge on any atom is -0.475 e. The SMILES string of the molecule is Cc1nc2nc(C(=O)NCCc3cccnc3)cn2c(-c2ccc(Cl)cc2Cl)c1CN.O=C(O)C(F)(F)F. The largest absolute Gasteiger partial charge is 0.490 e. The first-order valence-corrected chi connectivity index (χ1v) is 11.7. The van der Waals surface area contributed by atoms with E-state index in [-0.39, 0.29) is 18.1 Å². The highest BCUT2D eigenvalue weighted by molar-refractivity contribution is 6.36. The van der Waals surface area contributed by atoms with Gasteiger partial charge >= 0.3 is 12.1 Å². The second-order valence-corrected chi connectivity index (χ2v) is 8.66. The van der Waals surface area contributed by atoms with Crippen molar-refractivity contribution < 1.29 is 27.9 Å². The van der Waals surface area contributed by atoms with Crippen LogP contribution in [0.15, 0.2) is 48.9 Å². The first-order valence-electron chi connectivity index (χ1n) is 10.9. The van der Waals surface area contributed by atoms with Gasteiger partial charge in [-0.15, -0.1) is 0 Å². The lowest BCUT2D eigenvalue weighted by Gasteiger charge is -2.14. The van der Waals surface area contributed by atoms with Gasteiger partial charge in [-0.3, -0.25) is 14.2 Å². The second-order valence-electron chi connectivity index (χ2n) is 7.82. The summed E-state index contributed by atoms with van der Waals surface area (Å²) in [6.07, 6.45) is 0.738. The van der Waals surface area contributed by atoms with Crippen LogP contribution in [0.3, 0.4) is 0 Å². The Morgan fingerprint density at radius 3 is 2.47 bits per heavy atom. The number of amides is 1. The lowest BCUT2D eigenvalue weighted by atomic mass is 10.0. The van der Waals surface area contributed by atoms with Crippen LogP contribution in [0.25, 0.3) is 17.0 Å². The molecule has 4 aromatic rings. The number of benzene rings is 1. The number of aryl methyl sites for hydroxylation is 1. The van der Waals surface area contributed by atoms with E-state index in [1.54, 1.807) is 35.1 Å². The average Bonchev–Trinajstić information content (AvgIpc) is 3.28. The number of hydrogen-bond acceptors (Lipinski definition) is 6. The number of aromatic nitrogens is 4. The highest BCUT2D eigenvalue weighted by Crippen LogP contribution is 2.34. The van der Waals surface area contributed by atoms with Gasteiger partial charge in [0.15, 0.2) is 0 Å². The van der Waals surface area contributed by atoms with Crippen molar-refractivity contribution in [3.8, 4) is 11.3 Å². The van der Waals surface area contributed by atoms with E-state index in [0.717, 1.165) is 28.1 Å². The highest BCUT2D eigenvalue weighted by atomic mass is 35.5. The summed E-state index contributed by atoms with van der Waals surface area (Å²) in [5.41, 5.74) is 10.4. The van der Waals surface area contributed by atoms with Crippen LogP contribution in [0.1, 0.15) is 27.3 Å². The summed E-state index contributed by atoms with van der Waals surface area (Å²) in [6, 6.07) is 9.08. The molecular formula is C24H21Cl2F3N6O3. The number of carbonyl (C=O) groups is 2. The monoisotopic (exact) mass is 568 g/mol. The number of aliphatic carboxylic acids is 1. The number of nitrogens with zero attached hydrogens (tertiary/aromatic N) is 4. The van der Waals surface area contributed by atoms with Crippen molar-refractivity contribution in [3.05, 3.63) is 81.5 Å². The van der Waals surface area contributed by atoms with E-state index in [4.69, 9.17) is 38.8 Å². The number of alkyl halides is 3. The number of rotatable bonds is 6. The number of carboxylic acid groups (broad SMARTS) is 1. The predicted octanol–water partition coefficient (Wildman–Crippen LogP) is 4.47. The molecule has 0 fully saturated rings. The molecule has 14 heteroatoms. The Labute approximate surface area is 224 Å². The smallest absolute Gasteiger partial charge is 0.475 e. The molecule has 1 amide bonds. The second kappa shape index (κ2) is 12.2. The molecule has 0 aliphatic rings. The Bertz CT molecular complexity index is 1460. The van der Waals surface area contributed by atoms with E-state index in [2.05, 4.69) is 20.3 Å². The Kier molecular flexibility index (Phi) is 9.26. The molecule has 0 radical (unpaired) electrons. The number of halogens is 5. The number of carboxylic acids is 1. The maximum atomic E-state index is 12.7. The van der Waals surface area contributed by atoms with Crippen molar-refractivity contribution >= 4 is 40.9 Å². The molecular weight excluding hydrogens is 548 g/mol. The van der Waals surface area contributed by atoms with Crippen LogP contribution in [0.2, 0.25) is 10.0 Å². The van der Waals surface area contributed by atoms with Gasteiger partial charge in [-0.1, -0.05) is 29.3 Å². The fraction of sp³-hybridized carbons (Fsp3) is 0.208. The lowest BCUT2D eigenvalue weighted by Crippen LogP contribution is -2.26. The third-order valence-electron chi connectivity index (χ3n) is 5.21. The molecule has 0 atom stereocenters. The molecule has 4 N–H and O–H groups in total. The molecule has 0 saturated carbocycles. The van der Waals surface area contributed by atoms with Crippen LogP contribution >= 0.6 is 23.2 Å². The van der Waals surface area contributed by atoms with Gasteiger partial charge in [0.2, 0.25) is 5.78 Å². The quantitative estimate of drug-likeness (QED) is 0.312. The standard InChI is InChI=1S/C22H20Cl2N6O.C2HF3O2/c1-13-17(10-25)20(16-5-4-15(23)9-18(16)24)30-12-19(29-22(30)28-13)21(31)27-8-6-14-3-2-7-26-11-14;3-2(4,5)1(6)7/h2-5,7,9,11-12H,6,8,10,25H2,1H3,(H,27,31);(H,6,7). The van der Waals surface area contributed by atoms with Crippen molar-refractivity contribution in [1.29, 1.82) is 0 Å². The number of hydrogen-bond donors (Lipinski definition) is 3. The summed E-state index contributed by atoms with van der Waals surface area (Å²) in [6.45, 7) is 2.58. The Morgan fingerprint density at radius 2 is 1.89 bits per heavy atom. The van der Waals surface area contributed by atoms with Gasteiger partial charge in [0, 0.05) is 53.5 Å². The summed E-state index contributed by atoms with van der Waals surface area (Å²) in [4.78, 5) is 34.6. The number of imidazole rings is 1. The number of nitrogens with one attached hydrogen (secondary N) is 1. The molecule has 0 aliphatic heterocycles. The average molecular weight is 569 g/mol. The van der Waals surface area contributed by atoms with E-state index in [1.807, 2.05) is 25.1 Å². The Morgan fingerprint density at radius 1 is 1.18 bits per heavy atom. The van der Waals surface area contributed by atoms with Gasteiger partial charge in [-0.05, 0) is 43.2 Å². The number of carbonyl (C=O) groups excluding carboxylic acids is 1. The molecule has 38 heavy (non-hydrogen) atoms. The van der Waals surface area contributed by atoms with Crippen LogP contribution < -0.4 is 11.1 Å². The fourth-order valence-corrected chi connectivity index (χ4v) is 3.93. The molecule has 9 nitrogen and oxygen atoms in total. The van der Waals surface area contributed by atoms with Crippen molar-refractivity contribution in [1.82, 2.24) is 24.7 Å². The molecule has 3 heterocycles. The van der Waals surface area contributed by atoms with Crippen LogP contribution in [-0.2, 0) is 17.8 Å². The van der Waals surface area contributed by atoms with Gasteiger partial charge < -0.3 is 16.2 Å². The molecule has 0 saturated heterocycles. The lowest BCUT2D eigenvalue weighted by molar-refractivity contribution is -0.192. The van der Waals surface area contributed by atoms with Crippen molar-refractivity contribution in [2.75, 3.05) is 6.54 Å². The molecule has 0 spiro atoms. The van der Waals surface area contributed by atoms with Crippen LogP contribution in [-0.4, -0.2) is 49.1 Å². The van der Waals surface area contributed by atoms with Crippen LogP contribution in [0.5, 0.6) is 0 Å². The summed E-state index contributed by atoms with van der Waals surface area (Å²) in [5, 5.41) is 11.0. The number of nitrogens with two attached hydrogens (primary N) is 1. The summed E-state index contributed by atoms with van der Waals surface area (Å²) in [5.74, 6) is -2.64. The third-order valence-corrected chi connectivity index (χ3v) is 5.75. The van der Waals surface area contributed by atoms with Crippen molar-refractivity contribution in [3.63, 3.8) is 0 Å². The topological polar surface area (TPSA) is 136 Å². The zero-order chi connectivity index (χ0) is 28.0. The molecule has 200 valence electrons. The van der Waals surface area contributed by atoms with Crippen molar-refractivity contribution in [2.24, 2.45) is 5.73 Å². The van der Waals surface area contributed by atoms with E-state index >= 15 is 0 Å². The van der Waals surface area contributed by atoms with Gasteiger partial charge in [0.25, 0.3) is 5.91 Å². The van der Waals surface area contributed by atoms with E-state index < -0.39 is 12.1 Å². The van der Waals surface area contributed by atoms with Crippen molar-refractivity contribution in [2.45, 2.75) is 26.1 Å². The maximum Gasteiger partial charge on any atom is 0.490 e. The minimum absolute atomic E-state index is 0.258. The first-order chi connectivity index (χ1) is 17.9. The van der Waals surface area contributed by atoms with Crippen LogP contribution in [0, 0.1) is 6.92 Å². The molecule has 3 aromatic heterocycles. The van der Waals surface area contributed by atoms with Crippen LogP contribution in [0.4, 0.5) is 13.2 Å². The Hall–Kier alpha value is -3.74. The Balaban J connectivity index is 0.000000505. The third kappa shape index (κ3) is 6.97. The van der Waals surface area contributed by atoms with E-state index in [1.165, 1.54) is 0 Å². The molecule has 0 unspecified atom stereocenters. The zero-order valence-electron chi connectivity index (χ0n) is 19.8. The zero-order valence-corrected chi connectivity index (χ0v) is 21.3. The normalized spacial score (nSPS) is 11.1. The molecule has 4 rings (SSSR count). The minimum atomic E-state index is -5.08. The fourth-order valence-electron chi connectivity index (χ4n) is 3.43. The highest BCUT2D eigenvalue weighted by Gasteiger charge is 2.38. The first kappa shape index (κ1) is 28.8.